The van der Waals surface area contributed by atoms with E-state index in [-0.39, 0.29) is 5.91 Å². The van der Waals surface area contributed by atoms with Gasteiger partial charge < -0.3 is 10.2 Å². The number of amides is 1. The SMILES string of the molecule is CC(=O)NC1CCN(CC(C)CBr)CC1. The van der Waals surface area contributed by atoms with Gasteiger partial charge in [0.1, 0.15) is 0 Å². The molecule has 0 aliphatic carbocycles. The van der Waals surface area contributed by atoms with E-state index in [1.165, 1.54) is 0 Å². The Hall–Kier alpha value is -0.0900. The number of rotatable bonds is 4. The minimum atomic E-state index is 0.0993. The Morgan fingerprint density at radius 3 is 2.60 bits per heavy atom. The number of hydrogen-bond acceptors (Lipinski definition) is 2. The van der Waals surface area contributed by atoms with Crippen molar-refractivity contribution in [2.75, 3.05) is 25.0 Å². The molecule has 0 radical (unpaired) electrons. The van der Waals surface area contributed by atoms with Crippen molar-refractivity contribution in [2.45, 2.75) is 32.7 Å². The zero-order valence-corrected chi connectivity index (χ0v) is 11.2. The highest BCUT2D eigenvalue weighted by Crippen LogP contribution is 2.12. The predicted octanol–water partition coefficient (Wildman–Crippen LogP) is 1.62. The lowest BCUT2D eigenvalue weighted by atomic mass is 10.0. The van der Waals surface area contributed by atoms with E-state index in [9.17, 15) is 4.79 Å². The second kappa shape index (κ2) is 6.48. The van der Waals surface area contributed by atoms with Crippen molar-refractivity contribution in [1.82, 2.24) is 10.2 Å². The quantitative estimate of drug-likeness (QED) is 0.792. The molecule has 1 atom stereocenters. The van der Waals surface area contributed by atoms with E-state index >= 15 is 0 Å². The lowest BCUT2D eigenvalue weighted by molar-refractivity contribution is -0.119. The van der Waals surface area contributed by atoms with Crippen molar-refractivity contribution >= 4 is 21.8 Å². The molecule has 4 heteroatoms. The molecule has 0 aromatic carbocycles. The van der Waals surface area contributed by atoms with Gasteiger partial charge in [0, 0.05) is 37.9 Å². The third kappa shape index (κ3) is 4.98. The monoisotopic (exact) mass is 276 g/mol. The van der Waals surface area contributed by atoms with Crippen LogP contribution in [0.3, 0.4) is 0 Å². The van der Waals surface area contributed by atoms with Crippen molar-refractivity contribution in [1.29, 1.82) is 0 Å². The Morgan fingerprint density at radius 1 is 1.53 bits per heavy atom. The molecule has 1 N–H and O–H groups in total. The lowest BCUT2D eigenvalue weighted by Crippen LogP contribution is -2.45. The molecule has 0 saturated carbocycles. The molecule has 15 heavy (non-hydrogen) atoms. The van der Waals surface area contributed by atoms with Gasteiger partial charge in [-0.2, -0.15) is 0 Å². The molecule has 1 heterocycles. The standard InChI is InChI=1S/C11H21BrN2O/c1-9(7-12)8-14-5-3-11(4-6-14)13-10(2)15/h9,11H,3-8H2,1-2H3,(H,13,15). The molecular weight excluding hydrogens is 256 g/mol. The maximum absolute atomic E-state index is 10.9. The van der Waals surface area contributed by atoms with Crippen molar-refractivity contribution in [2.24, 2.45) is 5.92 Å². The zero-order chi connectivity index (χ0) is 11.3. The molecule has 0 aromatic heterocycles. The molecule has 3 nitrogen and oxygen atoms in total. The summed E-state index contributed by atoms with van der Waals surface area (Å²) in [7, 11) is 0. The fraction of sp³-hybridized carbons (Fsp3) is 0.909. The van der Waals surface area contributed by atoms with Crippen molar-refractivity contribution in [3.8, 4) is 0 Å². The van der Waals surface area contributed by atoms with Crippen molar-refractivity contribution in [3.05, 3.63) is 0 Å². The van der Waals surface area contributed by atoms with Gasteiger partial charge in [0.2, 0.25) is 5.91 Å². The number of hydrogen-bond donors (Lipinski definition) is 1. The zero-order valence-electron chi connectivity index (χ0n) is 9.63. The molecule has 0 aromatic rings. The van der Waals surface area contributed by atoms with Gasteiger partial charge in [-0.15, -0.1) is 0 Å². The minimum Gasteiger partial charge on any atom is -0.354 e. The largest absolute Gasteiger partial charge is 0.354 e. The second-order valence-electron chi connectivity index (χ2n) is 4.53. The molecule has 1 amide bonds. The molecule has 1 unspecified atom stereocenters. The van der Waals surface area contributed by atoms with Gasteiger partial charge in [0.05, 0.1) is 0 Å². The summed E-state index contributed by atoms with van der Waals surface area (Å²) in [6.07, 6.45) is 2.18. The van der Waals surface area contributed by atoms with Crippen LogP contribution in [0, 0.1) is 5.92 Å². The first-order valence-corrected chi connectivity index (χ1v) is 6.79. The van der Waals surface area contributed by atoms with E-state index in [0.717, 1.165) is 37.8 Å². The fourth-order valence-corrected chi connectivity index (χ4v) is 2.24. The summed E-state index contributed by atoms with van der Waals surface area (Å²) in [5.41, 5.74) is 0. The summed E-state index contributed by atoms with van der Waals surface area (Å²) in [5.74, 6) is 0.810. The maximum Gasteiger partial charge on any atom is 0.217 e. The highest BCUT2D eigenvalue weighted by Gasteiger charge is 2.20. The van der Waals surface area contributed by atoms with E-state index in [0.29, 0.717) is 12.0 Å². The summed E-state index contributed by atoms with van der Waals surface area (Å²) in [6, 6.07) is 0.401. The van der Waals surface area contributed by atoms with Crippen LogP contribution in [-0.2, 0) is 4.79 Å². The van der Waals surface area contributed by atoms with Crippen LogP contribution in [0.15, 0.2) is 0 Å². The van der Waals surface area contributed by atoms with Gasteiger partial charge >= 0.3 is 0 Å². The number of likely N-dealkylation sites (tertiary alicyclic amines) is 1. The topological polar surface area (TPSA) is 32.3 Å². The summed E-state index contributed by atoms with van der Waals surface area (Å²) in [6.45, 7) is 7.25. The number of piperidine rings is 1. The van der Waals surface area contributed by atoms with E-state index < -0.39 is 0 Å². The van der Waals surface area contributed by atoms with Gasteiger partial charge in [-0.25, -0.2) is 0 Å². The Balaban J connectivity index is 2.20. The minimum absolute atomic E-state index is 0.0993. The number of nitrogens with one attached hydrogen (secondary N) is 1. The highest BCUT2D eigenvalue weighted by atomic mass is 79.9. The Labute approximate surface area is 101 Å². The van der Waals surface area contributed by atoms with Crippen LogP contribution in [0.4, 0.5) is 0 Å². The third-order valence-corrected chi connectivity index (χ3v) is 3.93. The van der Waals surface area contributed by atoms with Gasteiger partial charge in [-0.1, -0.05) is 22.9 Å². The number of nitrogens with zero attached hydrogens (tertiary/aromatic N) is 1. The smallest absolute Gasteiger partial charge is 0.217 e. The van der Waals surface area contributed by atoms with Gasteiger partial charge in [0.15, 0.2) is 0 Å². The van der Waals surface area contributed by atoms with Crippen LogP contribution in [0.1, 0.15) is 26.7 Å². The van der Waals surface area contributed by atoms with E-state index in [4.69, 9.17) is 0 Å². The number of carbonyl (C=O) groups is 1. The number of halogens is 1. The molecule has 0 bridgehead atoms. The first-order valence-electron chi connectivity index (χ1n) is 5.67. The molecule has 88 valence electrons. The summed E-state index contributed by atoms with van der Waals surface area (Å²) < 4.78 is 0. The van der Waals surface area contributed by atoms with Gasteiger partial charge in [0.25, 0.3) is 0 Å². The predicted molar refractivity (Wildman–Crippen MR) is 66.2 cm³/mol. The van der Waals surface area contributed by atoms with E-state index in [2.05, 4.69) is 33.1 Å². The van der Waals surface area contributed by atoms with Crippen LogP contribution in [0.2, 0.25) is 0 Å². The molecule has 1 rings (SSSR count). The summed E-state index contributed by atoms with van der Waals surface area (Å²) in [4.78, 5) is 13.4. The molecule has 1 aliphatic rings. The van der Waals surface area contributed by atoms with Crippen LogP contribution < -0.4 is 5.32 Å². The molecule has 1 saturated heterocycles. The van der Waals surface area contributed by atoms with Gasteiger partial charge in [-0.05, 0) is 18.8 Å². The molecule has 0 spiro atoms. The first-order chi connectivity index (χ1) is 7.11. The second-order valence-corrected chi connectivity index (χ2v) is 5.18. The fourth-order valence-electron chi connectivity index (χ4n) is 2.04. The number of carbonyl (C=O) groups excluding carboxylic acids is 1. The summed E-state index contributed by atoms with van der Waals surface area (Å²) >= 11 is 3.50. The highest BCUT2D eigenvalue weighted by molar-refractivity contribution is 9.09. The normalized spacial score (nSPS) is 21.3. The van der Waals surface area contributed by atoms with Gasteiger partial charge in [-0.3, -0.25) is 4.79 Å². The number of alkyl halides is 1. The average Bonchev–Trinajstić information content (AvgIpc) is 2.20. The van der Waals surface area contributed by atoms with Crippen LogP contribution in [0.5, 0.6) is 0 Å². The third-order valence-electron chi connectivity index (χ3n) is 2.83. The Morgan fingerprint density at radius 2 is 2.13 bits per heavy atom. The van der Waals surface area contributed by atoms with E-state index in [1.807, 2.05) is 0 Å². The van der Waals surface area contributed by atoms with Crippen LogP contribution in [-0.4, -0.2) is 41.8 Å². The van der Waals surface area contributed by atoms with Crippen molar-refractivity contribution in [3.63, 3.8) is 0 Å². The Kier molecular flexibility index (Phi) is 5.61. The summed E-state index contributed by atoms with van der Waals surface area (Å²) in [5, 5.41) is 4.06. The van der Waals surface area contributed by atoms with Crippen LogP contribution >= 0.6 is 15.9 Å². The van der Waals surface area contributed by atoms with E-state index in [1.54, 1.807) is 6.92 Å². The first kappa shape index (κ1) is 13.0. The van der Waals surface area contributed by atoms with Crippen LogP contribution in [0.25, 0.3) is 0 Å². The maximum atomic E-state index is 10.9. The molecule has 1 aliphatic heterocycles. The molecule has 1 fully saturated rings. The lowest BCUT2D eigenvalue weighted by Gasteiger charge is -2.33. The van der Waals surface area contributed by atoms with Crippen molar-refractivity contribution < 1.29 is 4.79 Å². The molecular formula is C11H21BrN2O. The average molecular weight is 277 g/mol. The Bertz CT molecular complexity index is 203.